The fourth-order valence-electron chi connectivity index (χ4n) is 2.15. The summed E-state index contributed by atoms with van der Waals surface area (Å²) in [6.07, 6.45) is -0.631. The molecule has 5 nitrogen and oxygen atoms in total. The Kier molecular flexibility index (Phi) is 6.65. The van der Waals surface area contributed by atoms with E-state index in [1.807, 2.05) is 57.1 Å². The Hall–Kier alpha value is -1.59. The molecule has 0 saturated heterocycles. The second kappa shape index (κ2) is 8.00. The Balaban J connectivity index is 2.87. The van der Waals surface area contributed by atoms with Gasteiger partial charge in [0.2, 0.25) is 0 Å². The average Bonchev–Trinajstić information content (AvgIpc) is 2.45. The van der Waals surface area contributed by atoms with Gasteiger partial charge >= 0.3 is 5.97 Å². The lowest BCUT2D eigenvalue weighted by Gasteiger charge is -2.26. The maximum Gasteiger partial charge on any atom is 0.307 e. The van der Waals surface area contributed by atoms with Crippen LogP contribution in [-0.2, 0) is 9.53 Å². The van der Waals surface area contributed by atoms with Crippen LogP contribution in [0.25, 0.3) is 0 Å². The number of rotatable bonds is 7. The van der Waals surface area contributed by atoms with Gasteiger partial charge in [0.15, 0.2) is 0 Å². The van der Waals surface area contributed by atoms with E-state index in [1.54, 1.807) is 0 Å². The van der Waals surface area contributed by atoms with Gasteiger partial charge in [-0.3, -0.25) is 4.79 Å². The highest BCUT2D eigenvalue weighted by atomic mass is 16.5. The van der Waals surface area contributed by atoms with Crippen molar-refractivity contribution in [1.29, 1.82) is 0 Å². The summed E-state index contributed by atoms with van der Waals surface area (Å²) in [7, 11) is 5.28. The topological polar surface area (TPSA) is 61.8 Å². The van der Waals surface area contributed by atoms with E-state index in [4.69, 9.17) is 4.74 Å². The average molecular weight is 294 g/mol. The Bertz CT molecular complexity index is 443. The van der Waals surface area contributed by atoms with Crippen molar-refractivity contribution in [3.63, 3.8) is 0 Å². The largest absolute Gasteiger partial charge is 0.469 e. The second-order valence-corrected chi connectivity index (χ2v) is 5.64. The lowest BCUT2D eigenvalue weighted by molar-refractivity contribution is -0.142. The molecule has 2 unspecified atom stereocenters. The number of carbonyl (C=O) groups excluding carboxylic acids is 1. The fraction of sp³-hybridized carbons (Fsp3) is 0.562. The fourth-order valence-corrected chi connectivity index (χ4v) is 2.15. The predicted octanol–water partition coefficient (Wildman–Crippen LogP) is 1.72. The molecule has 0 spiro atoms. The van der Waals surface area contributed by atoms with E-state index < -0.39 is 6.10 Å². The van der Waals surface area contributed by atoms with Gasteiger partial charge in [-0.1, -0.05) is 26.0 Å². The Labute approximate surface area is 126 Å². The van der Waals surface area contributed by atoms with Crippen LogP contribution in [0, 0.1) is 0 Å². The summed E-state index contributed by atoms with van der Waals surface area (Å²) >= 11 is 0. The number of hydrogen-bond donors (Lipinski definition) is 2. The van der Waals surface area contributed by atoms with E-state index in [0.717, 1.165) is 11.3 Å². The highest BCUT2D eigenvalue weighted by Gasteiger charge is 2.24. The van der Waals surface area contributed by atoms with Crippen LogP contribution < -0.4 is 10.2 Å². The van der Waals surface area contributed by atoms with E-state index in [0.29, 0.717) is 0 Å². The summed E-state index contributed by atoms with van der Waals surface area (Å²) in [4.78, 5) is 13.5. The van der Waals surface area contributed by atoms with E-state index in [1.165, 1.54) is 7.11 Å². The van der Waals surface area contributed by atoms with Crippen molar-refractivity contribution < 1.29 is 14.6 Å². The maximum atomic E-state index is 11.5. The highest BCUT2D eigenvalue weighted by Crippen LogP contribution is 2.22. The monoisotopic (exact) mass is 294 g/mol. The smallest absolute Gasteiger partial charge is 0.307 e. The molecule has 0 aliphatic rings. The third kappa shape index (κ3) is 5.36. The number of aliphatic hydroxyl groups excluding tert-OH is 1. The van der Waals surface area contributed by atoms with Crippen LogP contribution in [-0.4, -0.2) is 44.4 Å². The Morgan fingerprint density at radius 1 is 1.29 bits per heavy atom. The number of anilines is 1. The molecule has 2 N–H and O–H groups in total. The molecule has 1 rings (SSSR count). The first kappa shape index (κ1) is 17.5. The first-order valence-electron chi connectivity index (χ1n) is 7.13. The van der Waals surface area contributed by atoms with Gasteiger partial charge in [0, 0.05) is 31.9 Å². The van der Waals surface area contributed by atoms with Gasteiger partial charge in [0.1, 0.15) is 0 Å². The van der Waals surface area contributed by atoms with Gasteiger partial charge in [0.25, 0.3) is 0 Å². The number of nitrogens with one attached hydrogen (secondary N) is 1. The van der Waals surface area contributed by atoms with Crippen molar-refractivity contribution in [3.8, 4) is 0 Å². The van der Waals surface area contributed by atoms with Gasteiger partial charge in [0.05, 0.1) is 19.6 Å². The summed E-state index contributed by atoms with van der Waals surface area (Å²) in [6, 6.07) is 7.45. The molecular weight excluding hydrogens is 268 g/mol. The quantitative estimate of drug-likeness (QED) is 0.750. The molecule has 118 valence electrons. The van der Waals surface area contributed by atoms with Gasteiger partial charge < -0.3 is 20.1 Å². The van der Waals surface area contributed by atoms with Crippen molar-refractivity contribution in [2.75, 3.05) is 26.1 Å². The molecule has 0 aromatic heterocycles. The summed E-state index contributed by atoms with van der Waals surface area (Å²) in [5.41, 5.74) is 1.84. The minimum absolute atomic E-state index is 0.130. The highest BCUT2D eigenvalue weighted by molar-refractivity contribution is 5.70. The van der Waals surface area contributed by atoms with Crippen LogP contribution in [0.1, 0.15) is 31.9 Å². The molecule has 0 saturated carbocycles. The minimum atomic E-state index is -0.761. The van der Waals surface area contributed by atoms with Crippen LogP contribution in [0.3, 0.4) is 0 Å². The number of aliphatic hydroxyl groups is 1. The summed E-state index contributed by atoms with van der Waals surface area (Å²) < 4.78 is 4.70. The Morgan fingerprint density at radius 3 is 2.29 bits per heavy atom. The molecule has 0 aliphatic heterocycles. The molecule has 2 atom stereocenters. The second-order valence-electron chi connectivity index (χ2n) is 5.64. The van der Waals surface area contributed by atoms with Crippen LogP contribution in [0.2, 0.25) is 0 Å². The zero-order chi connectivity index (χ0) is 16.0. The molecule has 0 bridgehead atoms. The van der Waals surface area contributed by atoms with Crippen molar-refractivity contribution in [1.82, 2.24) is 5.32 Å². The van der Waals surface area contributed by atoms with Gasteiger partial charge in [-0.05, 0) is 17.7 Å². The Morgan fingerprint density at radius 2 is 1.86 bits per heavy atom. The molecular formula is C16H26N2O3. The van der Waals surface area contributed by atoms with E-state index in [9.17, 15) is 9.90 Å². The van der Waals surface area contributed by atoms with Crippen molar-refractivity contribution in [2.45, 2.75) is 38.5 Å². The molecule has 0 fully saturated rings. The molecule has 1 aromatic rings. The third-order valence-electron chi connectivity index (χ3n) is 3.29. The van der Waals surface area contributed by atoms with Gasteiger partial charge in [-0.2, -0.15) is 0 Å². The summed E-state index contributed by atoms with van der Waals surface area (Å²) in [5, 5.41) is 13.7. The number of esters is 1. The van der Waals surface area contributed by atoms with Gasteiger partial charge in [-0.25, -0.2) is 0 Å². The number of ether oxygens (including phenoxy) is 1. The summed E-state index contributed by atoms with van der Waals surface area (Å²) in [5.74, 6) is -0.336. The number of methoxy groups -OCH3 is 1. The maximum absolute atomic E-state index is 11.5. The molecule has 5 heteroatoms. The van der Waals surface area contributed by atoms with Crippen LogP contribution >= 0.6 is 0 Å². The van der Waals surface area contributed by atoms with Crippen LogP contribution in [0.5, 0.6) is 0 Å². The number of hydrogen-bond acceptors (Lipinski definition) is 5. The first-order chi connectivity index (χ1) is 9.85. The molecule has 21 heavy (non-hydrogen) atoms. The molecule has 0 aliphatic carbocycles. The third-order valence-corrected chi connectivity index (χ3v) is 3.29. The van der Waals surface area contributed by atoms with Crippen LogP contribution in [0.15, 0.2) is 24.3 Å². The van der Waals surface area contributed by atoms with Crippen molar-refractivity contribution in [2.24, 2.45) is 0 Å². The minimum Gasteiger partial charge on any atom is -0.469 e. The molecule has 0 radical (unpaired) electrons. The molecule has 0 heterocycles. The van der Waals surface area contributed by atoms with Crippen molar-refractivity contribution >= 4 is 11.7 Å². The van der Waals surface area contributed by atoms with Crippen molar-refractivity contribution in [3.05, 3.63) is 29.8 Å². The normalized spacial score (nSPS) is 13.9. The van der Waals surface area contributed by atoms with E-state index in [-0.39, 0.29) is 24.5 Å². The molecule has 0 amide bonds. The summed E-state index contributed by atoms with van der Waals surface area (Å²) in [6.45, 7) is 3.96. The zero-order valence-corrected chi connectivity index (χ0v) is 13.5. The molecule has 1 aromatic carbocycles. The number of benzene rings is 1. The first-order valence-corrected chi connectivity index (χ1v) is 7.13. The zero-order valence-electron chi connectivity index (χ0n) is 13.5. The lowest BCUT2D eigenvalue weighted by Crippen LogP contribution is -2.41. The van der Waals surface area contributed by atoms with E-state index in [2.05, 4.69) is 5.32 Å². The number of nitrogens with zero attached hydrogens (tertiary/aromatic N) is 1. The van der Waals surface area contributed by atoms with Crippen LogP contribution in [0.4, 0.5) is 5.69 Å². The number of carbonyl (C=O) groups is 1. The standard InChI is InChI=1S/C16H26N2O3/c1-11(2)17-14(10-15(19)21-5)16(20)12-6-8-13(9-7-12)18(3)4/h6-9,11,14,16-17,20H,10H2,1-5H3. The SMILES string of the molecule is COC(=O)CC(NC(C)C)C(O)c1ccc(N(C)C)cc1. The van der Waals surface area contributed by atoms with E-state index >= 15 is 0 Å². The lowest BCUT2D eigenvalue weighted by atomic mass is 9.98. The van der Waals surface area contributed by atoms with Gasteiger partial charge in [-0.15, -0.1) is 0 Å². The predicted molar refractivity (Wildman–Crippen MR) is 84.4 cm³/mol.